The van der Waals surface area contributed by atoms with Crippen LogP contribution in [0.3, 0.4) is 0 Å². The quantitative estimate of drug-likeness (QED) is 0.584. The number of pyridine rings is 1. The van der Waals surface area contributed by atoms with Gasteiger partial charge < -0.3 is 4.57 Å². The standard InChI is InChI=1S/C18H17N5/c1-13-21-18-17(23(13)12-14-6-4-3-5-7-14)10-15(11-19-18)16-8-9-20-22(16)2/h3-11H,12H2,1-2H3. The van der Waals surface area contributed by atoms with Gasteiger partial charge in [0.15, 0.2) is 5.65 Å². The molecule has 0 aliphatic rings. The van der Waals surface area contributed by atoms with Crippen molar-refractivity contribution in [1.29, 1.82) is 0 Å². The highest BCUT2D eigenvalue weighted by molar-refractivity contribution is 5.78. The molecular weight excluding hydrogens is 286 g/mol. The lowest BCUT2D eigenvalue weighted by Gasteiger charge is -2.08. The Balaban J connectivity index is 1.84. The number of aryl methyl sites for hydroxylation is 2. The minimum absolute atomic E-state index is 0.782. The van der Waals surface area contributed by atoms with Crippen molar-refractivity contribution in [3.8, 4) is 11.3 Å². The smallest absolute Gasteiger partial charge is 0.177 e. The average Bonchev–Trinajstić information content (AvgIpc) is 3.12. The molecule has 0 bridgehead atoms. The molecule has 0 unspecified atom stereocenters. The summed E-state index contributed by atoms with van der Waals surface area (Å²) in [5, 5.41) is 4.23. The number of nitrogens with zero attached hydrogens (tertiary/aromatic N) is 5. The Morgan fingerprint density at radius 3 is 2.65 bits per heavy atom. The van der Waals surface area contributed by atoms with Crippen LogP contribution in [0.25, 0.3) is 22.4 Å². The summed E-state index contributed by atoms with van der Waals surface area (Å²) >= 11 is 0. The zero-order valence-electron chi connectivity index (χ0n) is 13.1. The van der Waals surface area contributed by atoms with Crippen LogP contribution in [0.5, 0.6) is 0 Å². The Labute approximate surface area is 134 Å². The third kappa shape index (κ3) is 2.40. The molecule has 1 aromatic carbocycles. The second-order valence-corrected chi connectivity index (χ2v) is 5.64. The molecule has 3 aromatic heterocycles. The Kier molecular flexibility index (Phi) is 3.19. The van der Waals surface area contributed by atoms with E-state index in [1.54, 1.807) is 6.20 Å². The summed E-state index contributed by atoms with van der Waals surface area (Å²) in [5.74, 6) is 0.971. The van der Waals surface area contributed by atoms with Gasteiger partial charge >= 0.3 is 0 Å². The predicted octanol–water partition coefficient (Wildman–Crippen LogP) is 3.19. The maximum Gasteiger partial charge on any atom is 0.177 e. The van der Waals surface area contributed by atoms with Crippen LogP contribution >= 0.6 is 0 Å². The van der Waals surface area contributed by atoms with Crippen LogP contribution < -0.4 is 0 Å². The molecule has 0 atom stereocenters. The Morgan fingerprint density at radius 1 is 1.09 bits per heavy atom. The largest absolute Gasteiger partial charge is 0.322 e. The molecule has 5 nitrogen and oxygen atoms in total. The molecule has 23 heavy (non-hydrogen) atoms. The number of aromatic nitrogens is 5. The second-order valence-electron chi connectivity index (χ2n) is 5.64. The van der Waals surface area contributed by atoms with Gasteiger partial charge in [0.05, 0.1) is 11.2 Å². The molecule has 0 radical (unpaired) electrons. The van der Waals surface area contributed by atoms with E-state index in [1.807, 2.05) is 37.0 Å². The molecule has 0 N–H and O–H groups in total. The summed E-state index contributed by atoms with van der Waals surface area (Å²) in [7, 11) is 1.94. The second kappa shape index (κ2) is 5.35. The number of hydrogen-bond acceptors (Lipinski definition) is 3. The highest BCUT2D eigenvalue weighted by atomic mass is 15.3. The maximum atomic E-state index is 4.58. The van der Waals surface area contributed by atoms with Crippen molar-refractivity contribution >= 4 is 11.2 Å². The summed E-state index contributed by atoms with van der Waals surface area (Å²) in [6, 6.07) is 14.5. The number of benzene rings is 1. The van der Waals surface area contributed by atoms with E-state index in [-0.39, 0.29) is 0 Å². The van der Waals surface area contributed by atoms with Gasteiger partial charge in [-0.25, -0.2) is 9.97 Å². The number of rotatable bonds is 3. The molecule has 0 aliphatic carbocycles. The highest BCUT2D eigenvalue weighted by Gasteiger charge is 2.12. The van der Waals surface area contributed by atoms with Gasteiger partial charge in [-0.15, -0.1) is 0 Å². The van der Waals surface area contributed by atoms with Gasteiger partial charge in [0.1, 0.15) is 5.82 Å². The summed E-state index contributed by atoms with van der Waals surface area (Å²) in [6.45, 7) is 2.81. The van der Waals surface area contributed by atoms with Crippen LogP contribution in [-0.2, 0) is 13.6 Å². The highest BCUT2D eigenvalue weighted by Crippen LogP contribution is 2.23. The number of hydrogen-bond donors (Lipinski definition) is 0. The van der Waals surface area contributed by atoms with Crippen molar-refractivity contribution in [2.75, 3.05) is 0 Å². The molecule has 5 heteroatoms. The monoisotopic (exact) mass is 303 g/mol. The van der Waals surface area contributed by atoms with Crippen molar-refractivity contribution in [1.82, 2.24) is 24.3 Å². The predicted molar refractivity (Wildman–Crippen MR) is 90.0 cm³/mol. The Morgan fingerprint density at radius 2 is 1.91 bits per heavy atom. The molecule has 4 rings (SSSR count). The summed E-state index contributed by atoms with van der Waals surface area (Å²) < 4.78 is 4.06. The lowest BCUT2D eigenvalue weighted by atomic mass is 10.2. The first-order chi connectivity index (χ1) is 11.2. The fraction of sp³-hybridized carbons (Fsp3) is 0.167. The van der Waals surface area contributed by atoms with Crippen molar-refractivity contribution < 1.29 is 0 Å². The molecule has 4 aromatic rings. The lowest BCUT2D eigenvalue weighted by molar-refractivity contribution is 0.774. The van der Waals surface area contributed by atoms with E-state index in [9.17, 15) is 0 Å². The van der Waals surface area contributed by atoms with Crippen LogP contribution in [0.4, 0.5) is 0 Å². The van der Waals surface area contributed by atoms with Crippen molar-refractivity contribution in [3.05, 3.63) is 66.2 Å². The Bertz CT molecular complexity index is 966. The number of imidazole rings is 1. The third-order valence-electron chi connectivity index (χ3n) is 4.10. The topological polar surface area (TPSA) is 48.5 Å². The van der Waals surface area contributed by atoms with Gasteiger partial charge in [0.25, 0.3) is 0 Å². The lowest BCUT2D eigenvalue weighted by Crippen LogP contribution is -2.02. The van der Waals surface area contributed by atoms with E-state index >= 15 is 0 Å². The minimum Gasteiger partial charge on any atom is -0.322 e. The molecule has 0 amide bonds. The van der Waals surface area contributed by atoms with E-state index in [0.717, 1.165) is 34.8 Å². The summed E-state index contributed by atoms with van der Waals surface area (Å²) in [6.07, 6.45) is 3.66. The number of fused-ring (bicyclic) bond motifs is 1. The first-order valence-corrected chi connectivity index (χ1v) is 7.57. The van der Waals surface area contributed by atoms with Crippen molar-refractivity contribution in [2.24, 2.45) is 7.05 Å². The molecular formula is C18H17N5. The van der Waals surface area contributed by atoms with E-state index in [4.69, 9.17) is 0 Å². The van der Waals surface area contributed by atoms with Gasteiger partial charge in [0, 0.05) is 31.5 Å². The van der Waals surface area contributed by atoms with Gasteiger partial charge in [-0.2, -0.15) is 5.10 Å². The molecule has 3 heterocycles. The van der Waals surface area contributed by atoms with Gasteiger partial charge in [-0.1, -0.05) is 30.3 Å². The fourth-order valence-electron chi connectivity index (χ4n) is 2.88. The first kappa shape index (κ1) is 13.7. The Hall–Kier alpha value is -2.95. The van der Waals surface area contributed by atoms with Crippen LogP contribution in [0.15, 0.2) is 54.9 Å². The van der Waals surface area contributed by atoms with Crippen molar-refractivity contribution in [3.63, 3.8) is 0 Å². The molecule has 0 spiro atoms. The molecule has 0 fully saturated rings. The van der Waals surface area contributed by atoms with Gasteiger partial charge in [-0.05, 0) is 24.6 Å². The van der Waals surface area contributed by atoms with Crippen LogP contribution in [0.2, 0.25) is 0 Å². The van der Waals surface area contributed by atoms with E-state index in [1.165, 1.54) is 5.56 Å². The van der Waals surface area contributed by atoms with Gasteiger partial charge in [-0.3, -0.25) is 4.68 Å². The van der Waals surface area contributed by atoms with E-state index in [2.05, 4.69) is 50.0 Å². The zero-order chi connectivity index (χ0) is 15.8. The minimum atomic E-state index is 0.782. The zero-order valence-corrected chi connectivity index (χ0v) is 13.1. The maximum absolute atomic E-state index is 4.58. The normalized spacial score (nSPS) is 11.2. The van der Waals surface area contributed by atoms with E-state index in [0.29, 0.717) is 0 Å². The fourth-order valence-corrected chi connectivity index (χ4v) is 2.88. The van der Waals surface area contributed by atoms with Crippen LogP contribution in [0.1, 0.15) is 11.4 Å². The molecule has 0 saturated carbocycles. The van der Waals surface area contributed by atoms with E-state index < -0.39 is 0 Å². The van der Waals surface area contributed by atoms with Gasteiger partial charge in [0.2, 0.25) is 0 Å². The van der Waals surface area contributed by atoms with Crippen LogP contribution in [-0.4, -0.2) is 24.3 Å². The first-order valence-electron chi connectivity index (χ1n) is 7.57. The SMILES string of the molecule is Cc1nc2ncc(-c3ccnn3C)cc2n1Cc1ccccc1. The molecule has 114 valence electrons. The van der Waals surface area contributed by atoms with Crippen molar-refractivity contribution in [2.45, 2.75) is 13.5 Å². The molecule has 0 saturated heterocycles. The summed E-state index contributed by atoms with van der Waals surface area (Å²) in [4.78, 5) is 9.11. The van der Waals surface area contributed by atoms with Crippen LogP contribution in [0, 0.1) is 6.92 Å². The average molecular weight is 303 g/mol. The third-order valence-corrected chi connectivity index (χ3v) is 4.10. The molecule has 0 aliphatic heterocycles. The summed E-state index contributed by atoms with van der Waals surface area (Å²) in [5.41, 5.74) is 5.17.